The zero-order valence-electron chi connectivity index (χ0n) is 19.0. The molecule has 0 saturated carbocycles. The van der Waals surface area contributed by atoms with E-state index in [1.165, 1.54) is 30.0 Å². The van der Waals surface area contributed by atoms with Crippen LogP contribution in [0.5, 0.6) is 0 Å². The third-order valence-corrected chi connectivity index (χ3v) is 6.72. The molecule has 184 valence electrons. The van der Waals surface area contributed by atoms with Crippen LogP contribution in [0.1, 0.15) is 41.6 Å². The normalized spacial score (nSPS) is 11.7. The van der Waals surface area contributed by atoms with Gasteiger partial charge in [0.05, 0.1) is 32.5 Å². The summed E-state index contributed by atoms with van der Waals surface area (Å²) in [4.78, 5) is 35.6. The fraction of sp³-hybridized carbons (Fsp3) is 0.273. The number of amides is 2. The van der Waals surface area contributed by atoms with Crippen molar-refractivity contribution >= 4 is 58.2 Å². The van der Waals surface area contributed by atoms with E-state index >= 15 is 0 Å². The molecule has 0 spiro atoms. The van der Waals surface area contributed by atoms with E-state index in [-0.39, 0.29) is 28.3 Å². The molecule has 0 radical (unpaired) electrons. The molecule has 0 aliphatic carbocycles. The minimum atomic E-state index is -0.517. The zero-order valence-corrected chi connectivity index (χ0v) is 21.4. The summed E-state index contributed by atoms with van der Waals surface area (Å²) in [5.74, 6) is -0.141. The summed E-state index contributed by atoms with van der Waals surface area (Å²) in [6.07, 6.45) is 0. The molecule has 10 nitrogen and oxygen atoms in total. The molecule has 3 rings (SSSR count). The highest BCUT2D eigenvalue weighted by Crippen LogP contribution is 2.25. The molecule has 0 saturated heterocycles. The number of benzene rings is 2. The monoisotopic (exact) mass is 536 g/mol. The Morgan fingerprint density at radius 3 is 2.57 bits per heavy atom. The van der Waals surface area contributed by atoms with Crippen LogP contribution in [-0.4, -0.2) is 37.3 Å². The number of anilines is 1. The summed E-state index contributed by atoms with van der Waals surface area (Å²) in [5, 5.41) is 26.1. The summed E-state index contributed by atoms with van der Waals surface area (Å²) in [5.41, 5.74) is 1.34. The average Bonchev–Trinajstić information content (AvgIpc) is 3.23. The van der Waals surface area contributed by atoms with Crippen LogP contribution in [-0.2, 0) is 11.3 Å². The van der Waals surface area contributed by atoms with Gasteiger partial charge in [0, 0.05) is 24.2 Å². The summed E-state index contributed by atoms with van der Waals surface area (Å²) in [6, 6.07) is 8.42. The molecule has 0 bridgehead atoms. The molecular formula is C22H22Cl2N6O4S. The Morgan fingerprint density at radius 1 is 1.17 bits per heavy atom. The Bertz CT molecular complexity index is 1280. The lowest BCUT2D eigenvalue weighted by Crippen LogP contribution is -2.28. The van der Waals surface area contributed by atoms with Gasteiger partial charge in [-0.3, -0.25) is 19.7 Å². The van der Waals surface area contributed by atoms with Gasteiger partial charge in [-0.05, 0) is 44.5 Å². The molecule has 0 unspecified atom stereocenters. The molecule has 1 atom stereocenters. The molecule has 1 aromatic heterocycles. The maximum Gasteiger partial charge on any atom is 0.271 e. The predicted octanol–water partition coefficient (Wildman–Crippen LogP) is 5.04. The van der Waals surface area contributed by atoms with E-state index in [9.17, 15) is 19.7 Å². The number of aromatic nitrogens is 3. The van der Waals surface area contributed by atoms with Crippen molar-refractivity contribution in [1.29, 1.82) is 0 Å². The first-order valence-corrected chi connectivity index (χ1v) is 12.2. The van der Waals surface area contributed by atoms with Gasteiger partial charge in [-0.15, -0.1) is 10.2 Å². The zero-order chi connectivity index (χ0) is 25.7. The molecule has 3 aromatic rings. The van der Waals surface area contributed by atoms with Crippen molar-refractivity contribution in [2.45, 2.75) is 38.5 Å². The molecule has 0 fully saturated rings. The van der Waals surface area contributed by atoms with Crippen LogP contribution in [0.25, 0.3) is 0 Å². The number of hydrogen-bond donors (Lipinski definition) is 2. The first-order chi connectivity index (χ1) is 16.6. The van der Waals surface area contributed by atoms with Crippen molar-refractivity contribution in [3.63, 3.8) is 0 Å². The van der Waals surface area contributed by atoms with Crippen LogP contribution < -0.4 is 10.6 Å². The van der Waals surface area contributed by atoms with Crippen molar-refractivity contribution in [3.05, 3.63) is 73.5 Å². The third kappa shape index (κ3) is 6.50. The second kappa shape index (κ2) is 11.5. The SMILES string of the molecule is CCn1c(SCC(=O)Nc2cc([N+](=O)[O-])ccc2C)nnc1[C@@H](C)NC(=O)c1ccc(Cl)c(Cl)c1. The molecular weight excluding hydrogens is 515 g/mol. The molecule has 1 heterocycles. The van der Waals surface area contributed by atoms with Crippen LogP contribution in [0.4, 0.5) is 11.4 Å². The quantitative estimate of drug-likeness (QED) is 0.222. The van der Waals surface area contributed by atoms with Gasteiger partial charge in [-0.1, -0.05) is 41.0 Å². The lowest BCUT2D eigenvalue weighted by Gasteiger charge is -2.15. The van der Waals surface area contributed by atoms with Crippen LogP contribution in [0, 0.1) is 17.0 Å². The lowest BCUT2D eigenvalue weighted by molar-refractivity contribution is -0.384. The van der Waals surface area contributed by atoms with E-state index in [1.807, 2.05) is 6.92 Å². The highest BCUT2D eigenvalue weighted by molar-refractivity contribution is 7.99. The second-order valence-corrected chi connectivity index (χ2v) is 9.26. The number of hydrogen-bond acceptors (Lipinski definition) is 7. The molecule has 0 aliphatic heterocycles. The first kappa shape index (κ1) is 26.5. The van der Waals surface area contributed by atoms with Crippen molar-refractivity contribution in [2.24, 2.45) is 0 Å². The Hall–Kier alpha value is -3.15. The Balaban J connectivity index is 1.65. The number of non-ortho nitro benzene ring substituents is 1. The van der Waals surface area contributed by atoms with E-state index in [4.69, 9.17) is 23.2 Å². The fourth-order valence-electron chi connectivity index (χ4n) is 3.18. The minimum Gasteiger partial charge on any atom is -0.342 e. The van der Waals surface area contributed by atoms with Crippen molar-refractivity contribution in [3.8, 4) is 0 Å². The molecule has 2 aromatic carbocycles. The maximum atomic E-state index is 12.6. The van der Waals surface area contributed by atoms with E-state index in [2.05, 4.69) is 20.8 Å². The number of rotatable bonds is 9. The molecule has 13 heteroatoms. The van der Waals surface area contributed by atoms with Crippen molar-refractivity contribution < 1.29 is 14.5 Å². The smallest absolute Gasteiger partial charge is 0.271 e. The number of aryl methyl sites for hydroxylation is 1. The predicted molar refractivity (Wildman–Crippen MR) is 135 cm³/mol. The molecule has 35 heavy (non-hydrogen) atoms. The highest BCUT2D eigenvalue weighted by atomic mass is 35.5. The number of carbonyl (C=O) groups excluding carboxylic acids is 2. The van der Waals surface area contributed by atoms with Gasteiger partial charge in [0.25, 0.3) is 11.6 Å². The van der Waals surface area contributed by atoms with Gasteiger partial charge >= 0.3 is 0 Å². The minimum absolute atomic E-state index is 0.0181. The molecule has 2 amide bonds. The number of halogens is 2. The number of carbonyl (C=O) groups is 2. The fourth-order valence-corrected chi connectivity index (χ4v) is 4.29. The third-order valence-electron chi connectivity index (χ3n) is 5.02. The highest BCUT2D eigenvalue weighted by Gasteiger charge is 2.21. The maximum absolute atomic E-state index is 12.6. The van der Waals surface area contributed by atoms with Crippen LogP contribution in [0.15, 0.2) is 41.6 Å². The second-order valence-electron chi connectivity index (χ2n) is 7.50. The van der Waals surface area contributed by atoms with E-state index < -0.39 is 11.0 Å². The number of nitrogens with zero attached hydrogens (tertiary/aromatic N) is 4. The Kier molecular flexibility index (Phi) is 8.71. The van der Waals surface area contributed by atoms with Gasteiger partial charge in [0.15, 0.2) is 11.0 Å². The standard InChI is InChI=1S/C22H22Cl2N6O4S/c1-4-29-20(13(3)25-21(32)14-6-8-16(23)17(24)9-14)27-28-22(29)35-11-19(31)26-18-10-15(30(33)34)7-5-12(18)2/h5-10,13H,4,11H2,1-3H3,(H,25,32)(H,26,31)/t13-/m1/s1. The summed E-state index contributed by atoms with van der Waals surface area (Å²) < 4.78 is 1.80. The number of nitrogens with one attached hydrogen (secondary N) is 2. The van der Waals surface area contributed by atoms with Crippen LogP contribution >= 0.6 is 35.0 Å². The first-order valence-electron chi connectivity index (χ1n) is 10.5. The van der Waals surface area contributed by atoms with Crippen LogP contribution in [0.3, 0.4) is 0 Å². The van der Waals surface area contributed by atoms with E-state index in [0.29, 0.717) is 39.4 Å². The number of thioether (sulfide) groups is 1. The van der Waals surface area contributed by atoms with E-state index in [0.717, 1.165) is 0 Å². The van der Waals surface area contributed by atoms with Gasteiger partial charge in [-0.25, -0.2) is 0 Å². The Morgan fingerprint density at radius 2 is 1.91 bits per heavy atom. The largest absolute Gasteiger partial charge is 0.342 e. The molecule has 2 N–H and O–H groups in total. The van der Waals surface area contributed by atoms with Gasteiger partial charge in [-0.2, -0.15) is 0 Å². The number of nitro benzene ring substituents is 1. The lowest BCUT2D eigenvalue weighted by atomic mass is 10.2. The number of nitro groups is 1. The van der Waals surface area contributed by atoms with Gasteiger partial charge < -0.3 is 15.2 Å². The summed E-state index contributed by atoms with van der Waals surface area (Å²) >= 11 is 13.1. The Labute approximate surface area is 215 Å². The summed E-state index contributed by atoms with van der Waals surface area (Å²) in [6.45, 7) is 5.94. The topological polar surface area (TPSA) is 132 Å². The van der Waals surface area contributed by atoms with Gasteiger partial charge in [0.1, 0.15) is 0 Å². The average molecular weight is 537 g/mol. The molecule has 0 aliphatic rings. The van der Waals surface area contributed by atoms with Gasteiger partial charge in [0.2, 0.25) is 5.91 Å². The van der Waals surface area contributed by atoms with E-state index in [1.54, 1.807) is 36.6 Å². The van der Waals surface area contributed by atoms with Crippen molar-refractivity contribution in [1.82, 2.24) is 20.1 Å². The van der Waals surface area contributed by atoms with Crippen molar-refractivity contribution in [2.75, 3.05) is 11.1 Å². The summed E-state index contributed by atoms with van der Waals surface area (Å²) in [7, 11) is 0. The van der Waals surface area contributed by atoms with Crippen LogP contribution in [0.2, 0.25) is 10.0 Å².